The number of hydrogen-bond acceptors (Lipinski definition) is 2. The summed E-state index contributed by atoms with van der Waals surface area (Å²) in [5.74, 6) is 0. The summed E-state index contributed by atoms with van der Waals surface area (Å²) in [5.41, 5.74) is 1.37. The Bertz CT molecular complexity index is 485. The van der Waals surface area contributed by atoms with Crippen LogP contribution in [0.1, 0.15) is 5.69 Å². The summed E-state index contributed by atoms with van der Waals surface area (Å²) < 4.78 is 0. The Morgan fingerprint density at radius 2 is 1.82 bits per heavy atom. The van der Waals surface area contributed by atoms with Gasteiger partial charge in [0, 0.05) is 11.9 Å². The van der Waals surface area contributed by atoms with E-state index in [-0.39, 0.29) is 6.54 Å². The van der Waals surface area contributed by atoms with Crippen molar-refractivity contribution in [3.8, 4) is 0 Å². The smallest absolute Gasteiger partial charge is 0.412 e. The van der Waals surface area contributed by atoms with Crippen LogP contribution in [0.15, 0.2) is 54.7 Å². The second-order valence-electron chi connectivity index (χ2n) is 3.53. The highest BCUT2D eigenvalue weighted by molar-refractivity contribution is 5.85. The van der Waals surface area contributed by atoms with E-state index in [4.69, 9.17) is 0 Å². The van der Waals surface area contributed by atoms with E-state index < -0.39 is 6.09 Å². The molecule has 2 aromatic rings. The number of nitrogens with zero attached hydrogens (tertiary/aromatic N) is 2. The molecule has 0 fully saturated rings. The second-order valence-corrected chi connectivity index (χ2v) is 3.53. The standard InChI is InChI=1S/C13H12N2O2/c16-13(17)15(12-7-2-1-3-8-12)10-11-6-4-5-9-14-11/h1-9H,10H2,(H,16,17). The topological polar surface area (TPSA) is 53.4 Å². The first-order chi connectivity index (χ1) is 8.27. The molecule has 0 aliphatic heterocycles. The normalized spacial score (nSPS) is 9.88. The molecule has 1 N–H and O–H groups in total. The SMILES string of the molecule is O=C(O)N(Cc1ccccn1)c1ccccc1. The van der Waals surface area contributed by atoms with Crippen LogP contribution < -0.4 is 4.90 Å². The molecule has 0 aliphatic carbocycles. The largest absolute Gasteiger partial charge is 0.465 e. The zero-order valence-electron chi connectivity index (χ0n) is 9.15. The average Bonchev–Trinajstić information content (AvgIpc) is 2.38. The summed E-state index contributed by atoms with van der Waals surface area (Å²) in [4.78, 5) is 16.6. The van der Waals surface area contributed by atoms with Crippen molar-refractivity contribution in [1.29, 1.82) is 0 Å². The summed E-state index contributed by atoms with van der Waals surface area (Å²) in [6, 6.07) is 14.4. The number of benzene rings is 1. The lowest BCUT2D eigenvalue weighted by molar-refractivity contribution is 0.201. The molecule has 0 saturated heterocycles. The highest BCUT2D eigenvalue weighted by Crippen LogP contribution is 2.15. The molecule has 0 aliphatic rings. The molecule has 4 nitrogen and oxygen atoms in total. The van der Waals surface area contributed by atoms with Crippen LogP contribution in [-0.2, 0) is 6.54 Å². The molecule has 0 atom stereocenters. The van der Waals surface area contributed by atoms with E-state index in [0.29, 0.717) is 5.69 Å². The maximum Gasteiger partial charge on any atom is 0.412 e. The van der Waals surface area contributed by atoms with Crippen LogP contribution in [-0.4, -0.2) is 16.2 Å². The van der Waals surface area contributed by atoms with Gasteiger partial charge >= 0.3 is 6.09 Å². The van der Waals surface area contributed by atoms with Crippen molar-refractivity contribution >= 4 is 11.8 Å². The van der Waals surface area contributed by atoms with Gasteiger partial charge < -0.3 is 5.11 Å². The number of hydrogen-bond donors (Lipinski definition) is 1. The molecule has 1 aromatic carbocycles. The Morgan fingerprint density at radius 3 is 2.41 bits per heavy atom. The molecule has 0 bridgehead atoms. The van der Waals surface area contributed by atoms with Gasteiger partial charge in [-0.2, -0.15) is 0 Å². The van der Waals surface area contributed by atoms with Crippen molar-refractivity contribution in [2.45, 2.75) is 6.54 Å². The van der Waals surface area contributed by atoms with Gasteiger partial charge in [-0.25, -0.2) is 4.79 Å². The van der Waals surface area contributed by atoms with Gasteiger partial charge in [-0.1, -0.05) is 24.3 Å². The van der Waals surface area contributed by atoms with Crippen LogP contribution in [0.5, 0.6) is 0 Å². The second kappa shape index (κ2) is 5.12. The summed E-state index contributed by atoms with van der Waals surface area (Å²) in [7, 11) is 0. The fourth-order valence-corrected chi connectivity index (χ4v) is 1.53. The van der Waals surface area contributed by atoms with Crippen LogP contribution >= 0.6 is 0 Å². The molecule has 1 heterocycles. The zero-order chi connectivity index (χ0) is 12.1. The average molecular weight is 228 g/mol. The molecule has 0 radical (unpaired) electrons. The lowest BCUT2D eigenvalue weighted by atomic mass is 10.2. The van der Waals surface area contributed by atoms with E-state index in [1.165, 1.54) is 4.90 Å². The fourth-order valence-electron chi connectivity index (χ4n) is 1.53. The number of carboxylic acid groups (broad SMARTS) is 1. The maximum absolute atomic E-state index is 11.2. The summed E-state index contributed by atoms with van der Waals surface area (Å²) in [5, 5.41) is 9.19. The van der Waals surface area contributed by atoms with Gasteiger partial charge in [0.1, 0.15) is 0 Å². The van der Waals surface area contributed by atoms with Crippen molar-refractivity contribution in [3.05, 3.63) is 60.4 Å². The van der Waals surface area contributed by atoms with E-state index in [9.17, 15) is 9.90 Å². The van der Waals surface area contributed by atoms with Crippen molar-refractivity contribution in [3.63, 3.8) is 0 Å². The number of amides is 1. The van der Waals surface area contributed by atoms with Gasteiger partial charge in [-0.15, -0.1) is 0 Å². The van der Waals surface area contributed by atoms with Gasteiger partial charge in [0.25, 0.3) is 0 Å². The maximum atomic E-state index is 11.2. The molecule has 17 heavy (non-hydrogen) atoms. The molecule has 1 aromatic heterocycles. The summed E-state index contributed by atoms with van der Waals surface area (Å²) in [6.45, 7) is 0.250. The van der Waals surface area contributed by atoms with Crippen molar-refractivity contribution in [2.24, 2.45) is 0 Å². The van der Waals surface area contributed by atoms with Crippen molar-refractivity contribution in [2.75, 3.05) is 4.90 Å². The Labute approximate surface area is 99.2 Å². The van der Waals surface area contributed by atoms with E-state index in [0.717, 1.165) is 5.69 Å². The van der Waals surface area contributed by atoms with Crippen LogP contribution in [0, 0.1) is 0 Å². The highest BCUT2D eigenvalue weighted by Gasteiger charge is 2.14. The monoisotopic (exact) mass is 228 g/mol. The molecule has 0 unspecified atom stereocenters. The first kappa shape index (κ1) is 11.1. The minimum atomic E-state index is -0.984. The number of para-hydroxylation sites is 1. The number of carbonyl (C=O) groups is 1. The lowest BCUT2D eigenvalue weighted by Gasteiger charge is -2.18. The molecular formula is C13H12N2O2. The third-order valence-electron chi connectivity index (χ3n) is 2.35. The molecule has 0 spiro atoms. The van der Waals surface area contributed by atoms with Gasteiger partial charge in [0.05, 0.1) is 12.2 Å². The Kier molecular flexibility index (Phi) is 3.35. The third kappa shape index (κ3) is 2.81. The van der Waals surface area contributed by atoms with Crippen LogP contribution in [0.2, 0.25) is 0 Å². The zero-order valence-corrected chi connectivity index (χ0v) is 9.15. The number of pyridine rings is 1. The first-order valence-corrected chi connectivity index (χ1v) is 5.23. The Balaban J connectivity index is 2.23. The number of anilines is 1. The van der Waals surface area contributed by atoms with E-state index in [2.05, 4.69) is 4.98 Å². The highest BCUT2D eigenvalue weighted by atomic mass is 16.4. The van der Waals surface area contributed by atoms with Gasteiger partial charge in [0.15, 0.2) is 0 Å². The predicted octanol–water partition coefficient (Wildman–Crippen LogP) is 2.77. The predicted molar refractivity (Wildman–Crippen MR) is 64.9 cm³/mol. The Morgan fingerprint density at radius 1 is 1.12 bits per heavy atom. The van der Waals surface area contributed by atoms with Gasteiger partial charge in [0.2, 0.25) is 0 Å². The lowest BCUT2D eigenvalue weighted by Crippen LogP contribution is -2.28. The summed E-state index contributed by atoms with van der Waals surface area (Å²) in [6.07, 6.45) is 0.669. The molecule has 86 valence electrons. The van der Waals surface area contributed by atoms with Gasteiger partial charge in [-0.3, -0.25) is 9.88 Å². The number of rotatable bonds is 3. The fraction of sp³-hybridized carbons (Fsp3) is 0.0769. The summed E-state index contributed by atoms with van der Waals surface area (Å²) >= 11 is 0. The first-order valence-electron chi connectivity index (χ1n) is 5.23. The van der Waals surface area contributed by atoms with E-state index in [1.807, 2.05) is 24.3 Å². The van der Waals surface area contributed by atoms with E-state index >= 15 is 0 Å². The molecule has 4 heteroatoms. The Hall–Kier alpha value is -2.36. The molecule has 0 saturated carbocycles. The quantitative estimate of drug-likeness (QED) is 0.878. The van der Waals surface area contributed by atoms with Crippen LogP contribution in [0.3, 0.4) is 0 Å². The van der Waals surface area contributed by atoms with Crippen molar-refractivity contribution in [1.82, 2.24) is 4.98 Å². The molecule has 2 rings (SSSR count). The van der Waals surface area contributed by atoms with E-state index in [1.54, 1.807) is 30.5 Å². The van der Waals surface area contributed by atoms with Crippen molar-refractivity contribution < 1.29 is 9.90 Å². The molecule has 1 amide bonds. The van der Waals surface area contributed by atoms with Crippen LogP contribution in [0.4, 0.5) is 10.5 Å². The third-order valence-corrected chi connectivity index (χ3v) is 2.35. The number of aromatic nitrogens is 1. The van der Waals surface area contributed by atoms with Crippen LogP contribution in [0.25, 0.3) is 0 Å². The molecular weight excluding hydrogens is 216 g/mol. The van der Waals surface area contributed by atoms with Gasteiger partial charge in [-0.05, 0) is 24.3 Å². The minimum Gasteiger partial charge on any atom is -0.465 e. The minimum absolute atomic E-state index is 0.250.